The molecule has 0 heterocycles. The molecule has 2 aliphatic carbocycles. The second-order valence-corrected chi connectivity index (χ2v) is 7.74. The van der Waals surface area contributed by atoms with E-state index in [1.165, 1.54) is 57.8 Å². The van der Waals surface area contributed by atoms with Gasteiger partial charge < -0.3 is 16.0 Å². The van der Waals surface area contributed by atoms with E-state index in [2.05, 4.69) is 48.9 Å². The molecule has 0 amide bonds. The second-order valence-electron chi connectivity index (χ2n) is 7.74. The largest absolute Gasteiger partial charge is 0.384 e. The fourth-order valence-electron chi connectivity index (χ4n) is 4.06. The predicted molar refractivity (Wildman–Crippen MR) is 144 cm³/mol. The fourth-order valence-corrected chi connectivity index (χ4v) is 4.06. The van der Waals surface area contributed by atoms with Gasteiger partial charge in [0.1, 0.15) is 0 Å². The summed E-state index contributed by atoms with van der Waals surface area (Å²) in [7, 11) is 1.85. The summed E-state index contributed by atoms with van der Waals surface area (Å²) in [5, 5.41) is 9.81. The van der Waals surface area contributed by atoms with E-state index in [0.29, 0.717) is 5.54 Å². The van der Waals surface area contributed by atoms with Crippen LogP contribution in [-0.4, -0.2) is 18.1 Å². The van der Waals surface area contributed by atoms with E-state index in [-0.39, 0.29) is 5.54 Å². The summed E-state index contributed by atoms with van der Waals surface area (Å²) in [6.45, 7) is 24.1. The summed E-state index contributed by atoms with van der Waals surface area (Å²) in [5.74, 6) is 3.69. The van der Waals surface area contributed by atoms with Crippen molar-refractivity contribution in [3.8, 4) is 12.3 Å². The summed E-state index contributed by atoms with van der Waals surface area (Å²) < 4.78 is 0. The molecule has 0 aromatic carbocycles. The highest BCUT2D eigenvalue weighted by Gasteiger charge is 2.30. The topological polar surface area (TPSA) is 36.1 Å². The van der Waals surface area contributed by atoms with Crippen LogP contribution >= 0.6 is 0 Å². The van der Waals surface area contributed by atoms with Gasteiger partial charge in [0.05, 0.1) is 11.4 Å². The summed E-state index contributed by atoms with van der Waals surface area (Å²) >= 11 is 0. The van der Waals surface area contributed by atoms with Crippen molar-refractivity contribution >= 4 is 0 Å². The lowest BCUT2D eigenvalue weighted by molar-refractivity contribution is 0.242. The van der Waals surface area contributed by atoms with Crippen LogP contribution in [0.2, 0.25) is 0 Å². The van der Waals surface area contributed by atoms with E-state index in [1.807, 2.05) is 48.6 Å². The van der Waals surface area contributed by atoms with E-state index >= 15 is 0 Å². The van der Waals surface area contributed by atoms with Crippen molar-refractivity contribution in [2.45, 2.75) is 137 Å². The maximum atomic E-state index is 5.56. The van der Waals surface area contributed by atoms with Crippen LogP contribution in [0.1, 0.15) is 126 Å². The number of rotatable bonds is 6. The second kappa shape index (κ2) is 21.7. The Morgan fingerprint density at radius 3 is 1.55 bits per heavy atom. The average Bonchev–Trinajstić information content (AvgIpc) is 2.84. The van der Waals surface area contributed by atoms with Gasteiger partial charge in [-0.15, -0.1) is 6.42 Å². The molecule has 0 unspecified atom stereocenters. The van der Waals surface area contributed by atoms with Gasteiger partial charge in [0.2, 0.25) is 0 Å². The van der Waals surface area contributed by atoms with E-state index in [4.69, 9.17) is 6.42 Å². The van der Waals surface area contributed by atoms with Gasteiger partial charge in [-0.25, -0.2) is 0 Å². The molecule has 184 valence electrons. The summed E-state index contributed by atoms with van der Waals surface area (Å²) in [6, 6.07) is 0. The van der Waals surface area contributed by atoms with Gasteiger partial charge in [0.15, 0.2) is 0 Å². The molecule has 2 saturated carbocycles. The quantitative estimate of drug-likeness (QED) is 0.371. The Morgan fingerprint density at radius 1 is 0.806 bits per heavy atom. The molecule has 3 heteroatoms. The molecule has 3 nitrogen and oxygen atoms in total. The smallest absolute Gasteiger partial charge is 0.0995 e. The van der Waals surface area contributed by atoms with Crippen molar-refractivity contribution < 1.29 is 0 Å². The molecule has 0 aromatic heterocycles. The van der Waals surface area contributed by atoms with Crippen LogP contribution < -0.4 is 16.0 Å². The Balaban J connectivity index is -0.000000408. The zero-order chi connectivity index (χ0) is 24.8. The fraction of sp³-hybridized carbons (Fsp3) is 0.786. The third kappa shape index (κ3) is 15.0. The molecule has 2 fully saturated rings. The van der Waals surface area contributed by atoms with Gasteiger partial charge in [0.25, 0.3) is 0 Å². The minimum absolute atomic E-state index is 0.141. The molecule has 0 aliphatic heterocycles. The van der Waals surface area contributed by atoms with Crippen LogP contribution in [0.15, 0.2) is 24.7 Å². The first-order chi connectivity index (χ1) is 14.9. The molecular formula is C28H57N3. The Morgan fingerprint density at radius 2 is 1.23 bits per heavy atom. The highest BCUT2D eigenvalue weighted by Crippen LogP contribution is 2.31. The van der Waals surface area contributed by atoms with E-state index in [0.717, 1.165) is 24.4 Å². The first-order valence-corrected chi connectivity index (χ1v) is 13.0. The first-order valence-electron chi connectivity index (χ1n) is 13.0. The summed E-state index contributed by atoms with van der Waals surface area (Å²) in [6.07, 6.45) is 19.5. The normalized spacial score (nSPS) is 17.4. The minimum Gasteiger partial charge on any atom is -0.384 e. The molecule has 31 heavy (non-hydrogen) atoms. The van der Waals surface area contributed by atoms with Crippen molar-refractivity contribution in [1.29, 1.82) is 0 Å². The molecule has 2 aliphatic rings. The van der Waals surface area contributed by atoms with Crippen molar-refractivity contribution in [1.82, 2.24) is 16.0 Å². The lowest BCUT2D eigenvalue weighted by atomic mass is 9.79. The Bertz CT molecular complexity index is 461. The number of allylic oxidation sites excluding steroid dienone is 1. The predicted octanol–water partition coefficient (Wildman–Crippen LogP) is 7.90. The first kappa shape index (κ1) is 34.1. The average molecular weight is 436 g/mol. The van der Waals surface area contributed by atoms with Crippen LogP contribution in [0.4, 0.5) is 0 Å². The molecular weight excluding hydrogens is 378 g/mol. The van der Waals surface area contributed by atoms with E-state index in [1.54, 1.807) is 0 Å². The molecule has 0 radical (unpaired) electrons. The van der Waals surface area contributed by atoms with Crippen LogP contribution in [0.3, 0.4) is 0 Å². The maximum absolute atomic E-state index is 5.56. The monoisotopic (exact) mass is 435 g/mol. The highest BCUT2D eigenvalue weighted by atomic mass is 15.1. The lowest BCUT2D eigenvalue weighted by Crippen LogP contribution is -2.46. The molecule has 3 N–H and O–H groups in total. The van der Waals surface area contributed by atoms with Gasteiger partial charge in [-0.05, 0) is 39.0 Å². The molecule has 0 spiro atoms. The van der Waals surface area contributed by atoms with E-state index in [9.17, 15) is 0 Å². The standard InChI is InChI=1S/C11H18N2.C11H21N.3C2H6/c1-4-11(13-10(2)12-3)8-6-5-7-9-11;1-4-11(12-10(2)3)8-6-5-7-9-11;3*1-2/h1,12-13H,2,5-9H2,3H3;12H,2,4-9H2,1,3H3;3*1-2H3. The highest BCUT2D eigenvalue weighted by molar-refractivity contribution is 5.17. The van der Waals surface area contributed by atoms with Gasteiger partial charge in [0, 0.05) is 18.3 Å². The number of hydrogen-bond acceptors (Lipinski definition) is 3. The van der Waals surface area contributed by atoms with Crippen molar-refractivity contribution in [2.24, 2.45) is 0 Å². The maximum Gasteiger partial charge on any atom is 0.0995 e. The third-order valence-corrected chi connectivity index (χ3v) is 5.64. The van der Waals surface area contributed by atoms with Crippen LogP contribution in [0.25, 0.3) is 0 Å². The van der Waals surface area contributed by atoms with Crippen molar-refractivity contribution in [3.05, 3.63) is 24.7 Å². The third-order valence-electron chi connectivity index (χ3n) is 5.64. The van der Waals surface area contributed by atoms with Gasteiger partial charge in [-0.2, -0.15) is 0 Å². The molecule has 0 bridgehead atoms. The summed E-state index contributed by atoms with van der Waals surface area (Å²) in [4.78, 5) is 0. The van der Waals surface area contributed by atoms with Gasteiger partial charge in [-0.1, -0.05) is 106 Å². The molecule has 0 atom stereocenters. The van der Waals surface area contributed by atoms with E-state index < -0.39 is 0 Å². The summed E-state index contributed by atoms with van der Waals surface area (Å²) in [5.41, 5.74) is 1.38. The SMILES string of the molecule is C#CC1(NC(=C)NC)CCCCC1.C=C(C)NC1(CC)CCCCC1.CC.CC.CC. The molecule has 2 rings (SSSR count). The van der Waals surface area contributed by atoms with Gasteiger partial charge in [-0.3, -0.25) is 0 Å². The Labute approximate surface area is 197 Å². The lowest BCUT2D eigenvalue weighted by Gasteiger charge is -2.38. The zero-order valence-electron chi connectivity index (χ0n) is 22.8. The molecule has 0 saturated heterocycles. The number of hydrogen-bond donors (Lipinski definition) is 3. The van der Waals surface area contributed by atoms with Crippen molar-refractivity contribution in [3.63, 3.8) is 0 Å². The van der Waals surface area contributed by atoms with Crippen molar-refractivity contribution in [2.75, 3.05) is 7.05 Å². The zero-order valence-corrected chi connectivity index (χ0v) is 22.8. The van der Waals surface area contributed by atoms with Crippen LogP contribution in [0, 0.1) is 12.3 Å². The van der Waals surface area contributed by atoms with Crippen LogP contribution in [0.5, 0.6) is 0 Å². The van der Waals surface area contributed by atoms with Gasteiger partial charge >= 0.3 is 0 Å². The number of nitrogens with one attached hydrogen (secondary N) is 3. The Hall–Kier alpha value is -1.56. The molecule has 0 aromatic rings. The Kier molecular flexibility index (Phi) is 23.8. The number of terminal acetylenes is 1. The minimum atomic E-state index is -0.141. The van der Waals surface area contributed by atoms with Crippen LogP contribution in [-0.2, 0) is 0 Å².